The first-order valence-electron chi connectivity index (χ1n) is 37.9. The van der Waals surface area contributed by atoms with Gasteiger partial charge in [0.05, 0.1) is 83.3 Å². The Morgan fingerprint density at radius 1 is 0.706 bits per heavy atom. The van der Waals surface area contributed by atoms with Gasteiger partial charge in [-0.3, -0.25) is 33.6 Å². The van der Waals surface area contributed by atoms with Crippen LogP contribution in [0.3, 0.4) is 0 Å². The van der Waals surface area contributed by atoms with E-state index in [1.807, 2.05) is 25.9 Å². The van der Waals surface area contributed by atoms with Crippen molar-refractivity contribution in [1.29, 1.82) is 0 Å². The molecule has 9 rings (SSSR count). The van der Waals surface area contributed by atoms with Crippen LogP contribution in [0.2, 0.25) is 0 Å². The molecule has 8 aliphatic rings. The normalized spacial score (nSPS) is 39.7. The Labute approximate surface area is 639 Å². The minimum Gasteiger partial charge on any atom is -0.507 e. The molecule has 6 N–H and O–H groups in total. The molecule has 610 valence electrons. The van der Waals surface area contributed by atoms with Gasteiger partial charge in [0.15, 0.2) is 18.7 Å². The number of hydrogen-bond acceptors (Lipinski definition) is 28. The molecule has 0 spiro atoms. The number of likely N-dealkylation sites (N-methyl/N-ethyl adjacent to an activating group) is 1. The van der Waals surface area contributed by atoms with E-state index in [2.05, 4.69) is 5.32 Å². The highest BCUT2D eigenvalue weighted by Gasteiger charge is 2.57. The van der Waals surface area contributed by atoms with Gasteiger partial charge in [0.25, 0.3) is 11.7 Å². The number of hydrogen-bond donors (Lipinski definition) is 6. The topological polar surface area (TPSA) is 379 Å². The molecule has 30 nitrogen and oxygen atoms in total. The van der Waals surface area contributed by atoms with Gasteiger partial charge >= 0.3 is 23.8 Å². The number of aliphatic hydroxyl groups excluding tert-OH is 4. The van der Waals surface area contributed by atoms with Crippen LogP contribution in [0, 0.1) is 48.3 Å². The minimum atomic E-state index is -2.24. The van der Waals surface area contributed by atoms with Crippen LogP contribution in [-0.4, -0.2) is 271 Å². The van der Waals surface area contributed by atoms with Crippen molar-refractivity contribution in [2.75, 3.05) is 68.7 Å². The molecule has 7 aliphatic heterocycles. The lowest BCUT2D eigenvalue weighted by molar-refractivity contribution is -0.318. The second kappa shape index (κ2) is 35.9. The maximum atomic E-state index is 15.7. The van der Waals surface area contributed by atoms with Gasteiger partial charge in [-0.15, -0.1) is 0 Å². The molecule has 26 atom stereocenters. The molecule has 4 saturated heterocycles. The average Bonchev–Trinajstić information content (AvgIpc) is 1.58. The first-order valence-corrected chi connectivity index (χ1v) is 37.9. The number of benzene rings is 1. The summed E-state index contributed by atoms with van der Waals surface area (Å²) >= 11 is 0. The maximum absolute atomic E-state index is 15.7. The molecular formula is C79H118N4O26. The summed E-state index contributed by atoms with van der Waals surface area (Å²) < 4.78 is 81.9. The Morgan fingerprint density at radius 2 is 1.36 bits per heavy atom. The third kappa shape index (κ3) is 18.2. The van der Waals surface area contributed by atoms with E-state index in [9.17, 15) is 49.5 Å². The van der Waals surface area contributed by atoms with Crippen LogP contribution >= 0.6 is 0 Å². The van der Waals surface area contributed by atoms with Crippen molar-refractivity contribution in [1.82, 2.24) is 20.0 Å². The van der Waals surface area contributed by atoms with E-state index in [1.165, 1.54) is 84.2 Å². The lowest BCUT2D eigenvalue weighted by atomic mass is 9.78. The van der Waals surface area contributed by atoms with Crippen LogP contribution in [0.25, 0.3) is 0 Å². The summed E-state index contributed by atoms with van der Waals surface area (Å²) in [6.07, 6.45) is -9.31. The fraction of sp³-hybridized carbons (Fsp3) is 0.722. The lowest BCUT2D eigenvalue weighted by Gasteiger charge is -2.50. The zero-order valence-corrected chi connectivity index (χ0v) is 67.2. The lowest BCUT2D eigenvalue weighted by Crippen LogP contribution is -2.61. The molecule has 0 unspecified atom stereocenters. The first-order chi connectivity index (χ1) is 51.1. The van der Waals surface area contributed by atoms with Gasteiger partial charge in [-0.2, -0.15) is 0 Å². The number of ether oxygens (including phenoxy) is 13. The fourth-order valence-corrected chi connectivity index (χ4v) is 16.5. The summed E-state index contributed by atoms with van der Waals surface area (Å²) in [6.45, 7) is 25.2. The number of amides is 2. The molecule has 1 aromatic rings. The van der Waals surface area contributed by atoms with Gasteiger partial charge in [0, 0.05) is 134 Å². The van der Waals surface area contributed by atoms with E-state index in [1.54, 1.807) is 82.2 Å². The summed E-state index contributed by atoms with van der Waals surface area (Å²) in [6, 6.07) is -0.388. The molecular weight excluding hydrogens is 1420 g/mol. The number of Topliss-reactive ketones (excluding diaryl/α,β-unsaturated/α-hetero) is 4. The number of rotatable bonds is 13. The van der Waals surface area contributed by atoms with E-state index in [-0.39, 0.29) is 97.9 Å². The van der Waals surface area contributed by atoms with Crippen LogP contribution in [0.1, 0.15) is 173 Å². The number of cyclic esters (lactones) is 1. The highest BCUT2D eigenvalue weighted by molar-refractivity contribution is 6.32. The van der Waals surface area contributed by atoms with Crippen LogP contribution in [-0.2, 0) is 76.0 Å². The Kier molecular flexibility index (Phi) is 28.9. The molecule has 109 heavy (non-hydrogen) atoms. The number of nitrogens with zero attached hydrogens (tertiary/aromatic N) is 3. The standard InChI is InChI=1S/C79H118N4O26/c1-23-51-69(98-20)62(89)40(5)50(85)27-29-77(14,99-21)71(107-75-63(90)49(81(17)18)35-39(4)102-75)45(10)67(46(11)74(95)105-51)106-53-36-78(15,100-22)72(47(12)103-53)108-76(96)83-32-30-82(31-33-83)58-57-64(91)55-54(65(58)92)56-68(44(9)61(55)88)109-79(16,70(56)93)101-34-28-52(97-19)41(6)66(104-48(13)84)43(8)60(87)42(7)59(86)37(2)25-24-26-38(3)73(94)80-57/h24-26,28,34,37,39-43,45-47,49,51-53,59-60,62-63,66-67,69,71-72,75,86-90H,23,27,29-33,35-36H2,1-22H3,(H,80,94)/b25-24+,34-28+,38-26-/t37-,39+,40-,41+,42+,43+,45-,46+,47-,49-,51+,52-,53-,59-,60+,62+,63+,66+,67-,69+,71+,72-,75-,77+,78+,79-/m0/s1. The van der Waals surface area contributed by atoms with Gasteiger partial charge in [0.2, 0.25) is 11.6 Å². The van der Waals surface area contributed by atoms with Crippen molar-refractivity contribution in [3.63, 3.8) is 0 Å². The average molecular weight is 1540 g/mol. The molecule has 2 amide bonds. The van der Waals surface area contributed by atoms with E-state index >= 15 is 14.4 Å². The zero-order valence-electron chi connectivity index (χ0n) is 67.2. The smallest absolute Gasteiger partial charge is 0.410 e. The van der Waals surface area contributed by atoms with Crippen molar-refractivity contribution < 1.29 is 125 Å². The predicted molar refractivity (Wildman–Crippen MR) is 392 cm³/mol. The number of aliphatic hydroxyl groups is 4. The number of phenols is 1. The summed E-state index contributed by atoms with van der Waals surface area (Å²) in [4.78, 5) is 122. The number of esters is 2. The van der Waals surface area contributed by atoms with E-state index in [0.717, 1.165) is 6.26 Å². The van der Waals surface area contributed by atoms with Crippen molar-refractivity contribution in [2.45, 2.75) is 258 Å². The fourth-order valence-electron chi connectivity index (χ4n) is 16.5. The van der Waals surface area contributed by atoms with Crippen LogP contribution in [0.4, 0.5) is 4.79 Å². The van der Waals surface area contributed by atoms with Gasteiger partial charge in [0.1, 0.15) is 58.7 Å². The SMILES string of the molecule is CC[C@H]1OC(=O)[C@H](C)[C@@H](O[C@H]2C[C@@](C)(OC)[C@@H](OC(=O)N3CCN(C4=C5NC(=O)/C(C)=C\C=C\[C@H](C)[C@H](O)[C@@H](C)[C@@H](O)[C@@H](C)[C@H](OC(C)=O)[C@H](C)[C@@H](OC)/C=C/O[C@@]6(C)Oc7c(C)c(O)c(c(c7C6=O)C4=O)C5=O)CC3)[C@H](C)O2)[C@H](C)[C@@H](O[C@@H]2O[C@H](C)C[C@H](N(C)C)[C@H]2O)[C@](C)(OC)CCC(=O)[C@H](C)[C@@H](O)[C@@H]1OC. The van der Waals surface area contributed by atoms with E-state index < -0.39 is 208 Å². The number of phenolic OH excluding ortho intramolecular Hbond substituents is 1. The molecule has 0 saturated carbocycles. The Bertz CT molecular complexity index is 3630. The molecule has 0 radical (unpaired) electrons. The van der Waals surface area contributed by atoms with Crippen LogP contribution in [0.5, 0.6) is 11.5 Å². The monoisotopic (exact) mass is 1540 g/mol. The predicted octanol–water partition coefficient (Wildman–Crippen LogP) is 6.19. The third-order valence-corrected chi connectivity index (χ3v) is 23.8. The number of carbonyl (C=O) groups excluding carboxylic acids is 8. The number of allylic oxidation sites excluding steroid dienone is 4. The summed E-state index contributed by atoms with van der Waals surface area (Å²) in [5.74, 6) is -14.5. The Morgan fingerprint density at radius 3 is 1.95 bits per heavy atom. The maximum Gasteiger partial charge on any atom is 0.410 e. The number of aromatic hydroxyl groups is 1. The summed E-state index contributed by atoms with van der Waals surface area (Å²) in [5, 5.41) is 61.7. The molecule has 30 heteroatoms. The van der Waals surface area contributed by atoms with Crippen molar-refractivity contribution >= 4 is 47.1 Å². The number of carbonyl (C=O) groups is 8. The molecule has 1 aliphatic carbocycles. The number of nitrogens with one attached hydrogen (secondary N) is 1. The van der Waals surface area contributed by atoms with Gasteiger partial charge < -0.3 is 107 Å². The summed E-state index contributed by atoms with van der Waals surface area (Å²) in [7, 11) is 9.35. The molecule has 0 aromatic heterocycles. The number of piperazine rings is 1. The van der Waals surface area contributed by atoms with Crippen LogP contribution < -0.4 is 10.1 Å². The zero-order chi connectivity index (χ0) is 81.1. The van der Waals surface area contributed by atoms with Crippen LogP contribution in [0.15, 0.2) is 47.5 Å². The van der Waals surface area contributed by atoms with E-state index in [4.69, 9.17) is 61.6 Å². The summed E-state index contributed by atoms with van der Waals surface area (Å²) in [5.41, 5.74) is -5.23. The molecule has 5 bridgehead atoms. The molecule has 4 fully saturated rings. The molecule has 7 heterocycles. The Hall–Kier alpha value is -6.78. The largest absolute Gasteiger partial charge is 0.507 e. The Balaban J connectivity index is 1.09. The number of fused-ring (bicyclic) bond motifs is 14. The van der Waals surface area contributed by atoms with Gasteiger partial charge in [-0.05, 0) is 87.9 Å². The number of methoxy groups -OCH3 is 4. The highest BCUT2D eigenvalue weighted by Crippen LogP contribution is 2.50. The van der Waals surface area contributed by atoms with Gasteiger partial charge in [-0.25, -0.2) is 4.79 Å². The van der Waals surface area contributed by atoms with Crippen molar-refractivity contribution in [2.24, 2.45) is 41.4 Å². The van der Waals surface area contributed by atoms with Gasteiger partial charge in [-0.1, -0.05) is 66.7 Å². The first kappa shape index (κ1) is 87.8. The molecule has 1 aromatic carbocycles. The van der Waals surface area contributed by atoms with Crippen molar-refractivity contribution in [3.8, 4) is 11.5 Å². The second-order valence-corrected chi connectivity index (χ2v) is 31.5. The van der Waals surface area contributed by atoms with Crippen molar-refractivity contribution in [3.05, 3.63) is 69.8 Å². The quantitative estimate of drug-likeness (QED) is 0.0946. The second-order valence-electron chi connectivity index (χ2n) is 31.5. The van der Waals surface area contributed by atoms with E-state index in [0.29, 0.717) is 6.42 Å². The highest BCUT2D eigenvalue weighted by atomic mass is 16.7. The minimum absolute atomic E-state index is 0.0258. The third-order valence-electron chi connectivity index (χ3n) is 23.8. The number of ketones is 4.